The largest absolute Gasteiger partial charge is 0.342 e. The molecular formula is C19H25N3O2S2. The molecule has 2 aromatic heterocycles. The highest BCUT2D eigenvalue weighted by Gasteiger charge is 2.26. The van der Waals surface area contributed by atoms with Crippen molar-refractivity contribution in [3.63, 3.8) is 0 Å². The highest BCUT2D eigenvalue weighted by atomic mass is 32.2. The zero-order valence-electron chi connectivity index (χ0n) is 15.4. The van der Waals surface area contributed by atoms with Gasteiger partial charge in [0.25, 0.3) is 5.56 Å². The molecule has 0 unspecified atom stereocenters. The lowest BCUT2D eigenvalue weighted by Crippen LogP contribution is -2.30. The van der Waals surface area contributed by atoms with E-state index in [-0.39, 0.29) is 17.5 Å². The van der Waals surface area contributed by atoms with Crippen molar-refractivity contribution in [2.24, 2.45) is 0 Å². The third-order valence-electron chi connectivity index (χ3n) is 5.68. The van der Waals surface area contributed by atoms with E-state index in [1.54, 1.807) is 11.3 Å². The monoisotopic (exact) mass is 391 g/mol. The van der Waals surface area contributed by atoms with E-state index in [1.165, 1.54) is 11.8 Å². The van der Waals surface area contributed by atoms with Gasteiger partial charge in [-0.3, -0.25) is 14.2 Å². The summed E-state index contributed by atoms with van der Waals surface area (Å²) in [5, 5.41) is 1.50. The van der Waals surface area contributed by atoms with Crippen LogP contribution in [0.4, 0.5) is 0 Å². The van der Waals surface area contributed by atoms with Crippen molar-refractivity contribution in [2.45, 2.75) is 63.6 Å². The topological polar surface area (TPSA) is 55.2 Å². The molecule has 140 valence electrons. The first-order valence-corrected chi connectivity index (χ1v) is 11.3. The first-order valence-electron chi connectivity index (χ1n) is 9.49. The average Bonchev–Trinajstić information content (AvgIpc) is 3.35. The number of nitrogens with zero attached hydrogens (tertiary/aromatic N) is 3. The molecule has 4 rings (SSSR count). The molecule has 0 bridgehead atoms. The van der Waals surface area contributed by atoms with Crippen molar-refractivity contribution in [3.05, 3.63) is 20.8 Å². The number of fused-ring (bicyclic) bond motifs is 1. The fourth-order valence-corrected chi connectivity index (χ4v) is 6.10. The fourth-order valence-electron chi connectivity index (χ4n) is 4.06. The van der Waals surface area contributed by atoms with E-state index in [9.17, 15) is 9.59 Å². The normalized spacial score (nSPS) is 18.3. The Kier molecular flexibility index (Phi) is 5.10. The molecule has 7 heteroatoms. The summed E-state index contributed by atoms with van der Waals surface area (Å²) in [6.07, 6.45) is 6.58. The lowest BCUT2D eigenvalue weighted by atomic mass is 10.2. The van der Waals surface area contributed by atoms with E-state index < -0.39 is 0 Å². The molecular weight excluding hydrogens is 366 g/mol. The van der Waals surface area contributed by atoms with Gasteiger partial charge in [-0.1, -0.05) is 24.6 Å². The van der Waals surface area contributed by atoms with Crippen molar-refractivity contribution in [1.29, 1.82) is 0 Å². The molecule has 2 fully saturated rings. The van der Waals surface area contributed by atoms with E-state index in [1.807, 2.05) is 23.3 Å². The van der Waals surface area contributed by atoms with E-state index in [0.717, 1.165) is 77.4 Å². The predicted octanol–water partition coefficient (Wildman–Crippen LogP) is 3.90. The maximum atomic E-state index is 13.3. The third kappa shape index (κ3) is 3.20. The zero-order valence-corrected chi connectivity index (χ0v) is 17.0. The lowest BCUT2D eigenvalue weighted by molar-refractivity contribution is -0.127. The summed E-state index contributed by atoms with van der Waals surface area (Å²) in [5.74, 6) is 0.534. The number of thiophene rings is 1. The molecule has 1 aliphatic heterocycles. The van der Waals surface area contributed by atoms with Crippen LogP contribution in [0.2, 0.25) is 0 Å². The van der Waals surface area contributed by atoms with Crippen LogP contribution in [0, 0.1) is 13.8 Å². The Balaban J connectivity index is 1.70. The van der Waals surface area contributed by atoms with Gasteiger partial charge in [-0.15, -0.1) is 11.3 Å². The van der Waals surface area contributed by atoms with Crippen molar-refractivity contribution in [1.82, 2.24) is 14.5 Å². The maximum Gasteiger partial charge on any atom is 0.263 e. The van der Waals surface area contributed by atoms with Crippen LogP contribution in [-0.4, -0.2) is 39.2 Å². The number of amides is 1. The van der Waals surface area contributed by atoms with Gasteiger partial charge in [0, 0.05) is 24.0 Å². The van der Waals surface area contributed by atoms with Gasteiger partial charge in [0.1, 0.15) is 4.83 Å². The lowest BCUT2D eigenvalue weighted by Gasteiger charge is -2.19. The summed E-state index contributed by atoms with van der Waals surface area (Å²) < 4.78 is 1.90. The van der Waals surface area contributed by atoms with Crippen molar-refractivity contribution in [2.75, 3.05) is 18.8 Å². The fraction of sp³-hybridized carbons (Fsp3) is 0.632. The Labute approximate surface area is 161 Å². The van der Waals surface area contributed by atoms with Gasteiger partial charge in [0.15, 0.2) is 5.16 Å². The Morgan fingerprint density at radius 1 is 1.19 bits per heavy atom. The molecule has 0 atom stereocenters. The Bertz CT molecular complexity index is 890. The Hall–Kier alpha value is -1.34. The van der Waals surface area contributed by atoms with Crippen LogP contribution < -0.4 is 5.56 Å². The first-order chi connectivity index (χ1) is 12.6. The summed E-state index contributed by atoms with van der Waals surface area (Å²) in [6.45, 7) is 5.79. The summed E-state index contributed by atoms with van der Waals surface area (Å²) in [6, 6.07) is 0.225. The zero-order chi connectivity index (χ0) is 18.3. The minimum atomic E-state index is 0.0832. The number of aromatic nitrogens is 2. The number of hydrogen-bond acceptors (Lipinski definition) is 5. The molecule has 0 radical (unpaired) electrons. The van der Waals surface area contributed by atoms with Gasteiger partial charge in [-0.25, -0.2) is 4.98 Å². The van der Waals surface area contributed by atoms with Crippen LogP contribution in [0.25, 0.3) is 10.2 Å². The third-order valence-corrected chi connectivity index (χ3v) is 7.71. The van der Waals surface area contributed by atoms with E-state index in [4.69, 9.17) is 4.98 Å². The second kappa shape index (κ2) is 7.35. The summed E-state index contributed by atoms with van der Waals surface area (Å²) >= 11 is 3.03. The van der Waals surface area contributed by atoms with Crippen molar-refractivity contribution in [3.8, 4) is 0 Å². The molecule has 1 amide bonds. The predicted molar refractivity (Wildman–Crippen MR) is 107 cm³/mol. The van der Waals surface area contributed by atoms with Crippen LogP contribution in [0.15, 0.2) is 9.95 Å². The quantitative estimate of drug-likeness (QED) is 0.586. The van der Waals surface area contributed by atoms with Crippen molar-refractivity contribution >= 4 is 39.2 Å². The van der Waals surface area contributed by atoms with E-state index in [2.05, 4.69) is 0 Å². The van der Waals surface area contributed by atoms with Crippen LogP contribution in [-0.2, 0) is 4.79 Å². The molecule has 1 aliphatic carbocycles. The molecule has 0 spiro atoms. The molecule has 0 aromatic carbocycles. The van der Waals surface area contributed by atoms with Crippen LogP contribution in [0.5, 0.6) is 0 Å². The summed E-state index contributed by atoms with van der Waals surface area (Å²) in [7, 11) is 0. The van der Waals surface area contributed by atoms with Crippen LogP contribution in [0.1, 0.15) is 55.0 Å². The van der Waals surface area contributed by atoms with Gasteiger partial charge in [0.05, 0.1) is 11.1 Å². The smallest absolute Gasteiger partial charge is 0.263 e. The van der Waals surface area contributed by atoms with E-state index >= 15 is 0 Å². The van der Waals surface area contributed by atoms with Crippen LogP contribution >= 0.6 is 23.1 Å². The van der Waals surface area contributed by atoms with Crippen LogP contribution in [0.3, 0.4) is 0 Å². The highest BCUT2D eigenvalue weighted by Crippen LogP contribution is 2.34. The number of carbonyl (C=O) groups is 1. The second-order valence-corrected chi connectivity index (χ2v) is 9.49. The number of likely N-dealkylation sites (tertiary alicyclic amines) is 1. The molecule has 3 heterocycles. The molecule has 5 nitrogen and oxygen atoms in total. The molecule has 26 heavy (non-hydrogen) atoms. The molecule has 2 aliphatic rings. The molecule has 1 saturated carbocycles. The highest BCUT2D eigenvalue weighted by molar-refractivity contribution is 7.99. The SMILES string of the molecule is Cc1sc2nc(SCC(=O)N3CCCC3)n(C3CCCC3)c(=O)c2c1C. The first kappa shape index (κ1) is 18.0. The number of thioether (sulfide) groups is 1. The molecule has 2 aromatic rings. The summed E-state index contributed by atoms with van der Waals surface area (Å²) in [5.41, 5.74) is 1.14. The number of aryl methyl sites for hydroxylation is 2. The standard InChI is InChI=1S/C19H25N3O2S2/c1-12-13(2)26-17-16(12)18(24)22(14-7-3-4-8-14)19(20-17)25-11-15(23)21-9-5-6-10-21/h14H,3-11H2,1-2H3. The van der Waals surface area contributed by atoms with Gasteiger partial charge < -0.3 is 4.90 Å². The number of carbonyl (C=O) groups excluding carboxylic acids is 1. The molecule has 0 N–H and O–H groups in total. The Morgan fingerprint density at radius 3 is 2.58 bits per heavy atom. The number of rotatable bonds is 4. The molecule has 1 saturated heterocycles. The van der Waals surface area contributed by atoms with Gasteiger partial charge in [0.2, 0.25) is 5.91 Å². The summed E-state index contributed by atoms with van der Waals surface area (Å²) in [4.78, 5) is 34.5. The van der Waals surface area contributed by atoms with Gasteiger partial charge >= 0.3 is 0 Å². The van der Waals surface area contributed by atoms with E-state index in [0.29, 0.717) is 5.75 Å². The minimum absolute atomic E-state index is 0.0832. The second-order valence-electron chi connectivity index (χ2n) is 7.35. The van der Waals surface area contributed by atoms with Crippen molar-refractivity contribution < 1.29 is 4.79 Å². The minimum Gasteiger partial charge on any atom is -0.342 e. The number of hydrogen-bond donors (Lipinski definition) is 0. The van der Waals surface area contributed by atoms with Gasteiger partial charge in [-0.2, -0.15) is 0 Å². The Morgan fingerprint density at radius 2 is 1.88 bits per heavy atom. The maximum absolute atomic E-state index is 13.3. The van der Waals surface area contributed by atoms with Gasteiger partial charge in [-0.05, 0) is 45.1 Å². The average molecular weight is 392 g/mol.